The van der Waals surface area contributed by atoms with Gasteiger partial charge in [-0.25, -0.2) is 0 Å². The molecule has 2 aromatic rings. The lowest BCUT2D eigenvalue weighted by atomic mass is 10.1. The normalized spacial score (nSPS) is 19.9. The molecule has 2 aliphatic heterocycles. The second-order valence-electron chi connectivity index (χ2n) is 9.20. The van der Waals surface area contributed by atoms with Gasteiger partial charge in [-0.1, -0.05) is 19.4 Å². The van der Waals surface area contributed by atoms with Gasteiger partial charge >= 0.3 is 0 Å². The Kier molecular flexibility index (Phi) is 7.14. The van der Waals surface area contributed by atoms with Crippen molar-refractivity contribution in [3.8, 4) is 0 Å². The van der Waals surface area contributed by atoms with Crippen LogP contribution in [0.3, 0.4) is 0 Å². The highest BCUT2D eigenvalue weighted by molar-refractivity contribution is 6.03. The first-order valence-electron chi connectivity index (χ1n) is 11.9. The van der Waals surface area contributed by atoms with Crippen molar-refractivity contribution in [3.05, 3.63) is 59.9 Å². The molecule has 1 aromatic heterocycles. The number of aromatic nitrogens is 1. The molecular formula is C26H31N5O4. The third-order valence-electron chi connectivity index (χ3n) is 6.68. The van der Waals surface area contributed by atoms with Crippen LogP contribution in [-0.2, 0) is 9.59 Å². The number of nitrogens with zero attached hydrogens (tertiary/aromatic N) is 4. The molecule has 0 aliphatic carbocycles. The topological polar surface area (TPSA) is 103 Å². The summed E-state index contributed by atoms with van der Waals surface area (Å²) in [5, 5.41) is 2.87. The summed E-state index contributed by atoms with van der Waals surface area (Å²) < 4.78 is 0. The summed E-state index contributed by atoms with van der Waals surface area (Å²) in [6.07, 6.45) is 3.20. The number of pyridine rings is 1. The van der Waals surface area contributed by atoms with Gasteiger partial charge in [0.15, 0.2) is 5.78 Å². The van der Waals surface area contributed by atoms with Crippen LogP contribution in [0, 0.1) is 0 Å². The van der Waals surface area contributed by atoms with E-state index in [2.05, 4.69) is 10.3 Å². The van der Waals surface area contributed by atoms with Gasteiger partial charge < -0.3 is 20.0 Å². The number of Topliss-reactive ketones (excluding diaryl/α,β-unsaturated/α-hetero) is 1. The number of hydrogen-bond acceptors (Lipinski definition) is 6. The average molecular weight is 478 g/mol. The van der Waals surface area contributed by atoms with E-state index >= 15 is 0 Å². The fraction of sp³-hybridized carbons (Fsp3) is 0.423. The van der Waals surface area contributed by atoms with Crippen LogP contribution in [0.15, 0.2) is 48.7 Å². The van der Waals surface area contributed by atoms with Crippen molar-refractivity contribution in [3.63, 3.8) is 0 Å². The monoisotopic (exact) mass is 477 g/mol. The number of amides is 3. The number of rotatable bonds is 7. The molecule has 3 unspecified atom stereocenters. The summed E-state index contributed by atoms with van der Waals surface area (Å²) in [6.45, 7) is 2.26. The second-order valence-corrected chi connectivity index (χ2v) is 9.20. The summed E-state index contributed by atoms with van der Waals surface area (Å²) >= 11 is 0. The van der Waals surface area contributed by atoms with E-state index in [0.717, 1.165) is 5.69 Å². The van der Waals surface area contributed by atoms with Crippen molar-refractivity contribution in [1.29, 1.82) is 0 Å². The van der Waals surface area contributed by atoms with Gasteiger partial charge in [0.2, 0.25) is 5.91 Å². The Morgan fingerprint density at radius 3 is 2.49 bits per heavy atom. The molecule has 2 fully saturated rings. The Balaban J connectivity index is 1.47. The van der Waals surface area contributed by atoms with Gasteiger partial charge in [-0.15, -0.1) is 0 Å². The Bertz CT molecular complexity index is 1100. The van der Waals surface area contributed by atoms with E-state index in [0.29, 0.717) is 31.4 Å². The first-order chi connectivity index (χ1) is 16.8. The average Bonchev–Trinajstić information content (AvgIpc) is 3.44. The molecule has 3 atom stereocenters. The number of hydrogen-bond donors (Lipinski definition) is 1. The SMILES string of the molecule is CCCC(NC(=O)c1ccc(N(C)C)cc1)C(=O)N1CCC2C1C(=O)CN2C(=O)c1ccccn1. The minimum absolute atomic E-state index is 0.0441. The van der Waals surface area contributed by atoms with Crippen LogP contribution in [0.25, 0.3) is 0 Å². The summed E-state index contributed by atoms with van der Waals surface area (Å²) in [5.41, 5.74) is 1.71. The third kappa shape index (κ3) is 4.89. The van der Waals surface area contributed by atoms with Gasteiger partial charge in [0.1, 0.15) is 17.8 Å². The van der Waals surface area contributed by atoms with Crippen LogP contribution in [0.1, 0.15) is 47.0 Å². The van der Waals surface area contributed by atoms with Crippen molar-refractivity contribution in [2.45, 2.75) is 44.3 Å². The zero-order chi connectivity index (χ0) is 25.1. The molecule has 184 valence electrons. The van der Waals surface area contributed by atoms with Crippen LogP contribution < -0.4 is 10.2 Å². The number of ketones is 1. The summed E-state index contributed by atoms with van der Waals surface area (Å²) in [4.78, 5) is 61.4. The van der Waals surface area contributed by atoms with Crippen molar-refractivity contribution in [1.82, 2.24) is 20.1 Å². The third-order valence-corrected chi connectivity index (χ3v) is 6.68. The van der Waals surface area contributed by atoms with Crippen LogP contribution in [0.2, 0.25) is 0 Å². The first kappa shape index (κ1) is 24.4. The number of benzene rings is 1. The lowest BCUT2D eigenvalue weighted by Crippen LogP contribution is -2.52. The summed E-state index contributed by atoms with van der Waals surface area (Å²) in [7, 11) is 3.84. The van der Waals surface area contributed by atoms with Crippen molar-refractivity contribution >= 4 is 29.2 Å². The van der Waals surface area contributed by atoms with E-state index in [4.69, 9.17) is 0 Å². The quantitative estimate of drug-likeness (QED) is 0.652. The van der Waals surface area contributed by atoms with Gasteiger partial charge in [0, 0.05) is 38.1 Å². The lowest BCUT2D eigenvalue weighted by Gasteiger charge is -2.28. The van der Waals surface area contributed by atoms with Crippen molar-refractivity contribution < 1.29 is 19.2 Å². The Morgan fingerprint density at radius 1 is 1.11 bits per heavy atom. The Labute approximate surface area is 205 Å². The second kappa shape index (κ2) is 10.2. The van der Waals surface area contributed by atoms with E-state index < -0.39 is 12.1 Å². The standard InChI is InChI=1S/C26H31N5O4/c1-4-7-20(28-24(33)17-9-11-18(12-10-17)29(2)3)26(35)30-15-13-21-23(30)22(32)16-31(21)25(34)19-8-5-6-14-27-19/h5-6,8-12,14,20-21,23H,4,7,13,15-16H2,1-3H3,(H,28,33). The largest absolute Gasteiger partial charge is 0.378 e. The Hall–Kier alpha value is -3.75. The maximum atomic E-state index is 13.5. The molecule has 2 aliphatic rings. The molecular weight excluding hydrogens is 446 g/mol. The molecule has 0 spiro atoms. The van der Waals surface area contributed by atoms with Crippen LogP contribution in [-0.4, -0.2) is 83.6 Å². The maximum Gasteiger partial charge on any atom is 0.273 e. The molecule has 0 saturated carbocycles. The zero-order valence-electron chi connectivity index (χ0n) is 20.3. The molecule has 4 rings (SSSR count). The number of anilines is 1. The molecule has 9 nitrogen and oxygen atoms in total. The van der Waals surface area contributed by atoms with Gasteiger partial charge in [-0.2, -0.15) is 0 Å². The zero-order valence-corrected chi connectivity index (χ0v) is 20.3. The van der Waals surface area contributed by atoms with Crippen LogP contribution in [0.4, 0.5) is 5.69 Å². The van der Waals surface area contributed by atoms with E-state index in [-0.39, 0.29) is 41.8 Å². The van der Waals surface area contributed by atoms with Crippen LogP contribution >= 0.6 is 0 Å². The van der Waals surface area contributed by atoms with Gasteiger partial charge in [0.25, 0.3) is 11.8 Å². The van der Waals surface area contributed by atoms with E-state index in [9.17, 15) is 19.2 Å². The smallest absolute Gasteiger partial charge is 0.273 e. The van der Waals surface area contributed by atoms with Gasteiger partial charge in [0.05, 0.1) is 12.6 Å². The molecule has 2 saturated heterocycles. The summed E-state index contributed by atoms with van der Waals surface area (Å²) in [6, 6.07) is 10.4. The number of carbonyl (C=O) groups is 4. The molecule has 3 heterocycles. The van der Waals surface area contributed by atoms with Crippen molar-refractivity contribution in [2.24, 2.45) is 0 Å². The predicted octanol–water partition coefficient (Wildman–Crippen LogP) is 1.74. The fourth-order valence-electron chi connectivity index (χ4n) is 4.87. The minimum atomic E-state index is -0.742. The summed E-state index contributed by atoms with van der Waals surface area (Å²) in [5.74, 6) is -1.08. The maximum absolute atomic E-state index is 13.5. The predicted molar refractivity (Wildman–Crippen MR) is 131 cm³/mol. The molecule has 0 radical (unpaired) electrons. The number of fused-ring (bicyclic) bond motifs is 1. The fourth-order valence-corrected chi connectivity index (χ4v) is 4.87. The minimum Gasteiger partial charge on any atom is -0.378 e. The Morgan fingerprint density at radius 2 is 1.86 bits per heavy atom. The van der Waals surface area contributed by atoms with Gasteiger partial charge in [-0.05, 0) is 49.2 Å². The molecule has 9 heteroatoms. The lowest BCUT2D eigenvalue weighted by molar-refractivity contribution is -0.138. The molecule has 0 bridgehead atoms. The highest BCUT2D eigenvalue weighted by Crippen LogP contribution is 2.31. The molecule has 35 heavy (non-hydrogen) atoms. The highest BCUT2D eigenvalue weighted by atomic mass is 16.2. The molecule has 1 N–H and O–H groups in total. The van der Waals surface area contributed by atoms with Crippen LogP contribution in [0.5, 0.6) is 0 Å². The van der Waals surface area contributed by atoms with E-state index in [1.165, 1.54) is 4.90 Å². The molecule has 1 aromatic carbocycles. The van der Waals surface area contributed by atoms with E-state index in [1.807, 2.05) is 38.1 Å². The number of likely N-dealkylation sites (tertiary alicyclic amines) is 2. The molecule has 3 amide bonds. The number of carbonyl (C=O) groups excluding carboxylic acids is 4. The first-order valence-corrected chi connectivity index (χ1v) is 11.9. The van der Waals surface area contributed by atoms with Gasteiger partial charge in [-0.3, -0.25) is 24.2 Å². The number of nitrogens with one attached hydrogen (secondary N) is 1. The highest BCUT2D eigenvalue weighted by Gasteiger charge is 2.52. The van der Waals surface area contributed by atoms with Crippen molar-refractivity contribution in [2.75, 3.05) is 32.1 Å². The van der Waals surface area contributed by atoms with E-state index in [1.54, 1.807) is 41.4 Å².